The van der Waals surface area contributed by atoms with Crippen molar-refractivity contribution in [2.24, 2.45) is 5.92 Å². The van der Waals surface area contributed by atoms with Gasteiger partial charge in [0, 0.05) is 19.5 Å². The Hall–Kier alpha value is -2.16. The monoisotopic (exact) mass is 246 g/mol. The van der Waals surface area contributed by atoms with Crippen LogP contribution in [0.25, 0.3) is 0 Å². The van der Waals surface area contributed by atoms with Crippen molar-refractivity contribution in [2.75, 3.05) is 18.0 Å². The quantitative estimate of drug-likeness (QED) is 0.853. The Bertz CT molecular complexity index is 483. The molecule has 94 valence electrons. The Morgan fingerprint density at radius 3 is 3.22 bits per heavy atom. The third kappa shape index (κ3) is 2.74. The highest BCUT2D eigenvalue weighted by atomic mass is 16.4. The molecule has 0 amide bonds. The molecule has 0 saturated carbocycles. The predicted octanol–water partition coefficient (Wildman–Crippen LogP) is 1.04. The fraction of sp³-hybridized carbons (Fsp3) is 0.500. The second-order valence-electron chi connectivity index (χ2n) is 4.41. The molecule has 1 atom stereocenters. The molecule has 1 unspecified atom stereocenters. The van der Waals surface area contributed by atoms with E-state index in [0.717, 1.165) is 19.5 Å². The van der Waals surface area contributed by atoms with Crippen LogP contribution in [0.5, 0.6) is 0 Å². The van der Waals surface area contributed by atoms with Crippen molar-refractivity contribution in [1.82, 2.24) is 10.2 Å². The molecule has 1 aliphatic heterocycles. The van der Waals surface area contributed by atoms with Gasteiger partial charge in [-0.3, -0.25) is 4.79 Å². The predicted molar refractivity (Wildman–Crippen MR) is 63.9 cm³/mol. The van der Waals surface area contributed by atoms with Gasteiger partial charge in [-0.2, -0.15) is 10.4 Å². The normalized spacial score (nSPS) is 18.6. The van der Waals surface area contributed by atoms with Crippen molar-refractivity contribution >= 4 is 11.8 Å². The fourth-order valence-corrected chi connectivity index (χ4v) is 2.23. The summed E-state index contributed by atoms with van der Waals surface area (Å²) in [6.45, 7) is 1.55. The summed E-state index contributed by atoms with van der Waals surface area (Å²) in [4.78, 5) is 12.5. The van der Waals surface area contributed by atoms with E-state index in [0.29, 0.717) is 23.7 Å². The fourth-order valence-electron chi connectivity index (χ4n) is 2.23. The van der Waals surface area contributed by atoms with Crippen molar-refractivity contribution in [1.29, 1.82) is 5.26 Å². The third-order valence-electron chi connectivity index (χ3n) is 3.17. The van der Waals surface area contributed by atoms with Gasteiger partial charge in [0.15, 0.2) is 5.82 Å². The highest BCUT2D eigenvalue weighted by Crippen LogP contribution is 2.26. The Morgan fingerprint density at radius 2 is 2.50 bits per heavy atom. The Morgan fingerprint density at radius 1 is 1.67 bits per heavy atom. The van der Waals surface area contributed by atoms with Gasteiger partial charge in [-0.05, 0) is 24.8 Å². The zero-order valence-corrected chi connectivity index (χ0v) is 9.91. The summed E-state index contributed by atoms with van der Waals surface area (Å²) in [5, 5.41) is 25.5. The van der Waals surface area contributed by atoms with E-state index in [4.69, 9.17) is 10.4 Å². The van der Waals surface area contributed by atoms with Crippen LogP contribution in [0.15, 0.2) is 12.3 Å². The minimum absolute atomic E-state index is 0.198. The van der Waals surface area contributed by atoms with Gasteiger partial charge < -0.3 is 10.0 Å². The van der Waals surface area contributed by atoms with Gasteiger partial charge in [-0.1, -0.05) is 0 Å². The van der Waals surface area contributed by atoms with Crippen molar-refractivity contribution in [3.8, 4) is 6.07 Å². The second kappa shape index (κ2) is 5.45. The zero-order chi connectivity index (χ0) is 13.0. The van der Waals surface area contributed by atoms with Gasteiger partial charge in [0.1, 0.15) is 6.07 Å². The lowest BCUT2D eigenvalue weighted by molar-refractivity contribution is -0.137. The number of nitrogens with zero attached hydrogens (tertiary/aromatic N) is 4. The maximum atomic E-state index is 10.5. The molecule has 1 fully saturated rings. The molecule has 1 saturated heterocycles. The zero-order valence-electron chi connectivity index (χ0n) is 9.91. The maximum absolute atomic E-state index is 10.5. The lowest BCUT2D eigenvalue weighted by Gasteiger charge is -2.17. The molecule has 1 aliphatic rings. The minimum Gasteiger partial charge on any atom is -0.481 e. The highest BCUT2D eigenvalue weighted by Gasteiger charge is 2.25. The smallest absolute Gasteiger partial charge is 0.303 e. The number of nitriles is 1. The van der Waals surface area contributed by atoms with Crippen LogP contribution in [0.4, 0.5) is 5.82 Å². The van der Waals surface area contributed by atoms with Gasteiger partial charge in [0.25, 0.3) is 0 Å². The average Bonchev–Trinajstić information content (AvgIpc) is 2.85. The van der Waals surface area contributed by atoms with Gasteiger partial charge in [0.05, 0.1) is 11.8 Å². The van der Waals surface area contributed by atoms with Crippen LogP contribution in [-0.2, 0) is 4.79 Å². The Balaban J connectivity index is 2.00. The highest BCUT2D eigenvalue weighted by molar-refractivity contribution is 5.66. The van der Waals surface area contributed by atoms with Crippen molar-refractivity contribution < 1.29 is 9.90 Å². The van der Waals surface area contributed by atoms with E-state index in [2.05, 4.69) is 16.3 Å². The lowest BCUT2D eigenvalue weighted by atomic mass is 10.0. The lowest BCUT2D eigenvalue weighted by Crippen LogP contribution is -2.22. The van der Waals surface area contributed by atoms with Crippen LogP contribution < -0.4 is 4.90 Å². The SMILES string of the molecule is N#Cc1ccnnc1N1CCC(CCC(=O)O)C1. The molecule has 1 aromatic rings. The molecule has 1 N–H and O–H groups in total. The van der Waals surface area contributed by atoms with E-state index in [9.17, 15) is 4.79 Å². The van der Waals surface area contributed by atoms with Crippen LogP contribution >= 0.6 is 0 Å². The number of anilines is 1. The molecule has 0 bridgehead atoms. The second-order valence-corrected chi connectivity index (χ2v) is 4.41. The number of hydrogen-bond donors (Lipinski definition) is 1. The van der Waals surface area contributed by atoms with Gasteiger partial charge >= 0.3 is 5.97 Å². The summed E-state index contributed by atoms with van der Waals surface area (Å²) in [6, 6.07) is 3.74. The average molecular weight is 246 g/mol. The summed E-state index contributed by atoms with van der Waals surface area (Å²) in [5.41, 5.74) is 0.517. The maximum Gasteiger partial charge on any atom is 0.303 e. The first-order valence-electron chi connectivity index (χ1n) is 5.89. The van der Waals surface area contributed by atoms with E-state index >= 15 is 0 Å². The van der Waals surface area contributed by atoms with Crippen LogP contribution in [0.1, 0.15) is 24.8 Å². The van der Waals surface area contributed by atoms with Crippen LogP contribution in [0, 0.1) is 17.2 Å². The summed E-state index contributed by atoms with van der Waals surface area (Å²) in [5.74, 6) is 0.207. The van der Waals surface area contributed by atoms with Crippen molar-refractivity contribution in [3.05, 3.63) is 17.8 Å². The van der Waals surface area contributed by atoms with E-state index in [1.165, 1.54) is 6.20 Å². The first kappa shape index (κ1) is 12.3. The van der Waals surface area contributed by atoms with Crippen LogP contribution in [0.2, 0.25) is 0 Å². The van der Waals surface area contributed by atoms with E-state index in [-0.39, 0.29) is 6.42 Å². The summed E-state index contributed by atoms with van der Waals surface area (Å²) in [6.07, 6.45) is 3.31. The molecular weight excluding hydrogens is 232 g/mol. The molecule has 0 aromatic carbocycles. The summed E-state index contributed by atoms with van der Waals surface area (Å²) < 4.78 is 0. The summed E-state index contributed by atoms with van der Waals surface area (Å²) >= 11 is 0. The Kier molecular flexibility index (Phi) is 3.72. The van der Waals surface area contributed by atoms with Crippen molar-refractivity contribution in [3.63, 3.8) is 0 Å². The van der Waals surface area contributed by atoms with E-state index in [1.54, 1.807) is 6.07 Å². The molecule has 0 radical (unpaired) electrons. The number of carbonyl (C=O) groups is 1. The first-order valence-corrected chi connectivity index (χ1v) is 5.89. The third-order valence-corrected chi connectivity index (χ3v) is 3.17. The first-order chi connectivity index (χ1) is 8.70. The molecule has 6 heteroatoms. The van der Waals surface area contributed by atoms with E-state index in [1.807, 2.05) is 4.90 Å². The number of aliphatic carboxylic acids is 1. The molecule has 2 rings (SSSR count). The molecule has 6 nitrogen and oxygen atoms in total. The molecular formula is C12H14N4O2. The molecule has 1 aromatic heterocycles. The number of rotatable bonds is 4. The largest absolute Gasteiger partial charge is 0.481 e. The topological polar surface area (TPSA) is 90.1 Å². The summed E-state index contributed by atoms with van der Waals surface area (Å²) in [7, 11) is 0. The van der Waals surface area contributed by atoms with Gasteiger partial charge in [0.2, 0.25) is 0 Å². The van der Waals surface area contributed by atoms with E-state index < -0.39 is 5.97 Å². The minimum atomic E-state index is -0.759. The molecule has 2 heterocycles. The van der Waals surface area contributed by atoms with Gasteiger partial charge in [-0.15, -0.1) is 5.10 Å². The molecule has 0 spiro atoms. The van der Waals surface area contributed by atoms with Crippen LogP contribution in [0.3, 0.4) is 0 Å². The van der Waals surface area contributed by atoms with Crippen molar-refractivity contribution in [2.45, 2.75) is 19.3 Å². The van der Waals surface area contributed by atoms with Crippen LogP contribution in [-0.4, -0.2) is 34.4 Å². The molecule has 0 aliphatic carbocycles. The number of carboxylic acids is 1. The number of hydrogen-bond acceptors (Lipinski definition) is 5. The standard InChI is InChI=1S/C12H14N4O2/c13-7-10-3-5-14-15-12(10)16-6-4-9(8-16)1-2-11(17)18/h3,5,9H,1-2,4,6,8H2,(H,17,18). The van der Waals surface area contributed by atoms with Gasteiger partial charge in [-0.25, -0.2) is 0 Å². The molecule has 18 heavy (non-hydrogen) atoms. The number of aromatic nitrogens is 2. The Labute approximate surface area is 105 Å². The number of carboxylic acid groups (broad SMARTS) is 1.